The van der Waals surface area contributed by atoms with Crippen LogP contribution in [0.1, 0.15) is 31.8 Å². The minimum atomic E-state index is -0.622. The number of hydrogen-bond acceptors (Lipinski definition) is 12. The summed E-state index contributed by atoms with van der Waals surface area (Å²) < 4.78 is 19.6. The first-order valence-electron chi connectivity index (χ1n) is 14.9. The highest BCUT2D eigenvalue weighted by atomic mass is 16.4. The van der Waals surface area contributed by atoms with Crippen molar-refractivity contribution in [2.45, 2.75) is 0 Å². The number of H-pyrrole nitrogens is 4. The molecule has 0 aliphatic rings. The quantitative estimate of drug-likeness (QED) is 0.105. The van der Waals surface area contributed by atoms with Gasteiger partial charge in [-0.05, 0) is 83.9 Å². The summed E-state index contributed by atoms with van der Waals surface area (Å²) in [7, 11) is 0. The van der Waals surface area contributed by atoms with Crippen LogP contribution in [0, 0.1) is 22.7 Å². The van der Waals surface area contributed by atoms with Gasteiger partial charge in [0, 0.05) is 11.1 Å². The van der Waals surface area contributed by atoms with Gasteiger partial charge in [0.05, 0.1) is 22.1 Å². The molecule has 8 aromatic rings. The Labute approximate surface area is 286 Å². The van der Waals surface area contributed by atoms with E-state index in [1.54, 1.807) is 36.4 Å². The number of ketones is 2. The molecule has 16 heteroatoms. The number of nitriles is 2. The van der Waals surface area contributed by atoms with Gasteiger partial charge in [0.1, 0.15) is 23.3 Å². The van der Waals surface area contributed by atoms with Crippen LogP contribution in [0.4, 0.5) is 0 Å². The molecule has 0 saturated carbocycles. The van der Waals surface area contributed by atoms with Gasteiger partial charge in [-0.25, -0.2) is 19.2 Å². The zero-order valence-electron chi connectivity index (χ0n) is 26.1. The van der Waals surface area contributed by atoms with E-state index in [-0.39, 0.29) is 27.9 Å². The maximum absolute atomic E-state index is 12.6. The second-order valence-electron chi connectivity index (χ2n) is 11.0. The Balaban J connectivity index is 0.000000162. The van der Waals surface area contributed by atoms with Crippen molar-refractivity contribution in [2.75, 3.05) is 0 Å². The second kappa shape index (κ2) is 13.0. The minimum absolute atomic E-state index is 0.0969. The summed E-state index contributed by atoms with van der Waals surface area (Å²) >= 11 is 0. The van der Waals surface area contributed by atoms with Crippen LogP contribution >= 0.6 is 0 Å². The van der Waals surface area contributed by atoms with Gasteiger partial charge in [0.15, 0.2) is 22.3 Å². The molecule has 4 N–H and O–H groups in total. The lowest BCUT2D eigenvalue weighted by Crippen LogP contribution is -2.02. The first kappa shape index (κ1) is 32.3. The lowest BCUT2D eigenvalue weighted by Gasteiger charge is -2.00. The Morgan fingerprint density at radius 3 is 1.35 bits per heavy atom. The Kier molecular flexibility index (Phi) is 8.07. The van der Waals surface area contributed by atoms with E-state index in [4.69, 9.17) is 17.7 Å². The number of nitrogens with one attached hydrogen (secondary N) is 4. The van der Waals surface area contributed by atoms with Crippen LogP contribution in [0.25, 0.3) is 56.6 Å². The van der Waals surface area contributed by atoms with E-state index in [2.05, 4.69) is 19.9 Å². The molecule has 8 rings (SSSR count). The van der Waals surface area contributed by atoms with Crippen LogP contribution in [0.15, 0.2) is 121 Å². The third-order valence-corrected chi connectivity index (χ3v) is 7.60. The predicted molar refractivity (Wildman–Crippen MR) is 183 cm³/mol. The third kappa shape index (κ3) is 6.44. The first-order valence-corrected chi connectivity index (χ1v) is 14.9. The highest BCUT2D eigenvalue weighted by molar-refractivity contribution is 6.15. The van der Waals surface area contributed by atoms with Crippen LogP contribution < -0.4 is 23.0 Å². The van der Waals surface area contributed by atoms with Crippen molar-refractivity contribution < 1.29 is 27.3 Å². The average Bonchev–Trinajstić information content (AvgIpc) is 3.90. The number of carbonyl (C=O) groups excluding carboxylic acids is 2. The molecule has 0 atom stereocenters. The highest BCUT2D eigenvalue weighted by Crippen LogP contribution is 2.21. The van der Waals surface area contributed by atoms with Crippen molar-refractivity contribution >= 4 is 68.1 Å². The number of carbonyl (C=O) groups is 2. The average molecular weight is 695 g/mol. The van der Waals surface area contributed by atoms with Crippen LogP contribution in [-0.2, 0) is 0 Å². The molecule has 0 fully saturated rings. The number of rotatable bonds is 6. The van der Waals surface area contributed by atoms with Crippen molar-refractivity contribution in [3.8, 4) is 12.1 Å². The fraction of sp³-hybridized carbons (Fsp3) is 0. The van der Waals surface area contributed by atoms with Gasteiger partial charge in [-0.3, -0.25) is 29.5 Å². The standard InChI is InChI=1S/2C18H9N3O5/c19-8-11(5-9-1-4-14-13(6-9)21-18(24)25-14)16(22)10-2-3-12-15(7-10)26-17(23)20-12;19-8-11(5-9-1-3-14-12(6-9)20-17(23)25-14)16(22)10-2-4-15-13(7-10)21-18(24)26-15/h2*1-7H,(H,20,23)(H,21,24)/b2*11-5+. The number of fused-ring (bicyclic) bond motifs is 4. The zero-order valence-corrected chi connectivity index (χ0v) is 26.1. The summed E-state index contributed by atoms with van der Waals surface area (Å²) in [5, 5.41) is 18.7. The largest absolute Gasteiger partial charge is 0.417 e. The molecule has 0 saturated heterocycles. The normalized spacial score (nSPS) is 11.7. The molecule has 4 aromatic heterocycles. The summed E-state index contributed by atoms with van der Waals surface area (Å²) in [5.41, 5.74) is 4.42. The summed E-state index contributed by atoms with van der Waals surface area (Å²) in [6.07, 6.45) is 2.82. The molecule has 252 valence electrons. The number of nitrogens with zero attached hydrogens (tertiary/aromatic N) is 2. The molecule has 0 radical (unpaired) electrons. The first-order chi connectivity index (χ1) is 25.1. The number of Topliss-reactive ketones (excluding diaryl/α,β-unsaturated/α-hetero) is 2. The maximum atomic E-state index is 12.6. The Hall–Kier alpha value is -8.24. The lowest BCUT2D eigenvalue weighted by atomic mass is 10.0. The Morgan fingerprint density at radius 1 is 0.481 bits per heavy atom. The van der Waals surface area contributed by atoms with Crippen LogP contribution in [0.5, 0.6) is 0 Å². The van der Waals surface area contributed by atoms with Gasteiger partial charge in [0.25, 0.3) is 0 Å². The molecule has 0 amide bonds. The van der Waals surface area contributed by atoms with E-state index < -0.39 is 34.6 Å². The number of aromatic amines is 4. The van der Waals surface area contributed by atoms with E-state index in [1.807, 2.05) is 12.1 Å². The Bertz CT molecular complexity index is 2930. The molecule has 4 heterocycles. The van der Waals surface area contributed by atoms with Gasteiger partial charge >= 0.3 is 23.0 Å². The number of hydrogen-bond donors (Lipinski definition) is 4. The maximum Gasteiger partial charge on any atom is 0.417 e. The fourth-order valence-electron chi connectivity index (χ4n) is 5.24. The molecule has 0 spiro atoms. The monoisotopic (exact) mass is 694 g/mol. The van der Waals surface area contributed by atoms with Crippen LogP contribution in [0.2, 0.25) is 0 Å². The molecule has 0 aliphatic carbocycles. The number of benzene rings is 4. The van der Waals surface area contributed by atoms with E-state index in [9.17, 15) is 39.3 Å². The summed E-state index contributed by atoms with van der Waals surface area (Å²) in [4.78, 5) is 80.0. The van der Waals surface area contributed by atoms with Gasteiger partial charge in [-0.2, -0.15) is 10.5 Å². The molecule has 52 heavy (non-hydrogen) atoms. The van der Waals surface area contributed by atoms with Gasteiger partial charge in [0.2, 0.25) is 11.6 Å². The van der Waals surface area contributed by atoms with Crippen molar-refractivity contribution in [3.05, 3.63) is 148 Å². The molecule has 0 aliphatic heterocycles. The van der Waals surface area contributed by atoms with Gasteiger partial charge in [-0.1, -0.05) is 12.1 Å². The van der Waals surface area contributed by atoms with Crippen LogP contribution in [0.3, 0.4) is 0 Å². The van der Waals surface area contributed by atoms with Gasteiger partial charge in [-0.15, -0.1) is 0 Å². The Morgan fingerprint density at radius 2 is 0.865 bits per heavy atom. The molecule has 4 aromatic carbocycles. The third-order valence-electron chi connectivity index (χ3n) is 7.60. The summed E-state index contributed by atoms with van der Waals surface area (Å²) in [5.74, 6) is -3.43. The highest BCUT2D eigenvalue weighted by Gasteiger charge is 2.16. The van der Waals surface area contributed by atoms with Crippen molar-refractivity contribution in [3.63, 3.8) is 0 Å². The van der Waals surface area contributed by atoms with E-state index in [0.717, 1.165) is 0 Å². The molecule has 16 nitrogen and oxygen atoms in total. The van der Waals surface area contributed by atoms with Crippen molar-refractivity contribution in [2.24, 2.45) is 0 Å². The van der Waals surface area contributed by atoms with Crippen molar-refractivity contribution in [1.29, 1.82) is 10.5 Å². The molecular formula is C36H18N6O10. The smallest absolute Gasteiger partial charge is 0.408 e. The predicted octanol–water partition coefficient (Wildman–Crippen LogP) is 4.69. The molecule has 0 bridgehead atoms. The number of allylic oxidation sites excluding steroid dienone is 2. The minimum Gasteiger partial charge on any atom is -0.408 e. The SMILES string of the molecule is N#C/C(=C\c1ccc2oc(=O)[nH]c2c1)C(=O)c1ccc2[nH]c(=O)oc2c1.N#C/C(=C\c1ccc2oc(=O)[nH]c2c1)C(=O)c1ccc2oc(=O)[nH]c2c1. The number of oxazole rings is 4. The van der Waals surface area contributed by atoms with E-state index >= 15 is 0 Å². The molecular weight excluding hydrogens is 676 g/mol. The fourth-order valence-corrected chi connectivity index (χ4v) is 5.24. The molecule has 0 unspecified atom stereocenters. The van der Waals surface area contributed by atoms with Gasteiger partial charge < -0.3 is 17.7 Å². The summed E-state index contributed by atoms with van der Waals surface area (Å²) in [6.45, 7) is 0. The lowest BCUT2D eigenvalue weighted by molar-refractivity contribution is 0.103. The number of aromatic nitrogens is 4. The topological polar surface area (TPSA) is 266 Å². The zero-order chi connectivity index (χ0) is 36.5. The van der Waals surface area contributed by atoms with E-state index in [1.165, 1.54) is 48.6 Å². The van der Waals surface area contributed by atoms with Crippen LogP contribution in [-0.4, -0.2) is 31.5 Å². The van der Waals surface area contributed by atoms with E-state index in [0.29, 0.717) is 49.9 Å². The second-order valence-corrected chi connectivity index (χ2v) is 11.0. The van der Waals surface area contributed by atoms with Crippen molar-refractivity contribution in [1.82, 2.24) is 19.9 Å². The summed E-state index contributed by atoms with van der Waals surface area (Å²) in [6, 6.07) is 22.2.